The number of nitrogens with one attached hydrogen (secondary N) is 1. The number of hydrogen-bond donors (Lipinski definition) is 2. The molecule has 0 saturated carbocycles. The second-order valence-electron chi connectivity index (χ2n) is 9.60. The second-order valence-corrected chi connectivity index (χ2v) is 9.60. The Morgan fingerprint density at radius 3 is 2.10 bits per heavy atom. The highest BCUT2D eigenvalue weighted by Crippen LogP contribution is 2.27. The van der Waals surface area contributed by atoms with Gasteiger partial charge in [-0.3, -0.25) is 9.59 Å². The molecule has 0 aliphatic carbocycles. The molecule has 0 saturated heterocycles. The van der Waals surface area contributed by atoms with Gasteiger partial charge in [0.2, 0.25) is 0 Å². The summed E-state index contributed by atoms with van der Waals surface area (Å²) in [5, 5.41) is 12.4. The molecule has 3 aromatic carbocycles. The zero-order valence-corrected chi connectivity index (χ0v) is 22.1. The lowest BCUT2D eigenvalue weighted by Crippen LogP contribution is -2.15. The number of hydrogen-bond acceptors (Lipinski definition) is 3. The number of rotatable bonds is 12. The van der Waals surface area contributed by atoms with Gasteiger partial charge in [0, 0.05) is 54.1 Å². The Bertz CT molecular complexity index is 1400. The smallest absolute Gasteiger partial charge is 0.303 e. The lowest BCUT2D eigenvalue weighted by Gasteiger charge is -2.20. The topological polar surface area (TPSA) is 71.3 Å². The normalized spacial score (nSPS) is 11.1. The van der Waals surface area contributed by atoms with E-state index in [2.05, 4.69) is 5.32 Å². The molecule has 4 rings (SSSR count). The van der Waals surface area contributed by atoms with Gasteiger partial charge in [0.1, 0.15) is 11.6 Å². The van der Waals surface area contributed by atoms with Crippen LogP contribution in [0.2, 0.25) is 0 Å². The summed E-state index contributed by atoms with van der Waals surface area (Å²) in [7, 11) is 1.91. The van der Waals surface area contributed by atoms with Crippen LogP contribution in [0.1, 0.15) is 64.1 Å². The number of anilines is 1. The fraction of sp³-hybridized carbons (Fsp3) is 0.250. The highest BCUT2D eigenvalue weighted by Gasteiger charge is 2.20. The highest BCUT2D eigenvalue weighted by molar-refractivity contribution is 6.10. The van der Waals surface area contributed by atoms with Crippen molar-refractivity contribution in [2.24, 2.45) is 7.05 Å². The summed E-state index contributed by atoms with van der Waals surface area (Å²) in [6.07, 6.45) is 1.84. The molecule has 1 heterocycles. The van der Waals surface area contributed by atoms with Crippen molar-refractivity contribution in [3.05, 3.63) is 124 Å². The van der Waals surface area contributed by atoms with Crippen molar-refractivity contribution in [2.75, 3.05) is 11.9 Å². The molecule has 7 heteroatoms. The Balaban J connectivity index is 1.55. The number of aliphatic carboxylic acids is 1. The molecular weight excluding hydrogens is 498 g/mol. The van der Waals surface area contributed by atoms with Gasteiger partial charge in [0.05, 0.1) is 0 Å². The average molecular weight is 531 g/mol. The minimum absolute atomic E-state index is 0.0838. The van der Waals surface area contributed by atoms with E-state index in [1.54, 1.807) is 30.3 Å². The summed E-state index contributed by atoms with van der Waals surface area (Å²) < 4.78 is 29.1. The van der Waals surface area contributed by atoms with Crippen molar-refractivity contribution < 1.29 is 23.5 Å². The summed E-state index contributed by atoms with van der Waals surface area (Å²) >= 11 is 0. The van der Waals surface area contributed by atoms with E-state index in [1.807, 2.05) is 42.8 Å². The monoisotopic (exact) mass is 530 g/mol. The number of carboxylic acids is 1. The lowest BCUT2D eigenvalue weighted by atomic mass is 9.91. The minimum atomic E-state index is -0.832. The Labute approximate surface area is 227 Å². The first kappa shape index (κ1) is 27.8. The van der Waals surface area contributed by atoms with Crippen LogP contribution in [0.3, 0.4) is 0 Å². The zero-order chi connectivity index (χ0) is 27.9. The first-order valence-electron chi connectivity index (χ1n) is 13.1. The van der Waals surface area contributed by atoms with E-state index in [0.717, 1.165) is 28.2 Å². The molecule has 0 bridgehead atoms. The molecule has 0 unspecified atom stereocenters. The number of aromatic nitrogens is 1. The van der Waals surface area contributed by atoms with Gasteiger partial charge in [-0.25, -0.2) is 8.78 Å². The van der Waals surface area contributed by atoms with Crippen molar-refractivity contribution in [2.45, 2.75) is 38.5 Å². The maximum absolute atomic E-state index is 13.6. The fourth-order valence-corrected chi connectivity index (χ4v) is 4.95. The SMILES string of the molecule is CCc1c(C(=O)c2cccc(NCC(c3ccc(F)cc3)c3ccc(F)cc3)c2)cc(CCCC(=O)O)n1C. The van der Waals surface area contributed by atoms with Crippen LogP contribution < -0.4 is 5.32 Å². The fourth-order valence-electron chi connectivity index (χ4n) is 4.95. The lowest BCUT2D eigenvalue weighted by molar-refractivity contribution is -0.137. The van der Waals surface area contributed by atoms with Crippen molar-refractivity contribution in [1.29, 1.82) is 0 Å². The molecular formula is C32H32F2N2O3. The molecule has 0 amide bonds. The molecule has 0 spiro atoms. The van der Waals surface area contributed by atoms with Crippen LogP contribution in [0, 0.1) is 11.6 Å². The third-order valence-corrected chi connectivity index (χ3v) is 7.04. The van der Waals surface area contributed by atoms with Gasteiger partial charge < -0.3 is 15.0 Å². The van der Waals surface area contributed by atoms with Gasteiger partial charge in [-0.15, -0.1) is 0 Å². The summed E-state index contributed by atoms with van der Waals surface area (Å²) in [5.41, 5.74) is 5.54. The first-order chi connectivity index (χ1) is 18.8. The predicted molar refractivity (Wildman–Crippen MR) is 148 cm³/mol. The summed E-state index contributed by atoms with van der Waals surface area (Å²) in [6, 6.07) is 21.7. The van der Waals surface area contributed by atoms with E-state index in [1.165, 1.54) is 24.3 Å². The van der Waals surface area contributed by atoms with Crippen LogP contribution in [-0.2, 0) is 24.7 Å². The Hall–Kier alpha value is -4.26. The van der Waals surface area contributed by atoms with Gasteiger partial charge in [-0.1, -0.05) is 43.3 Å². The molecule has 2 N–H and O–H groups in total. The second kappa shape index (κ2) is 12.5. The molecule has 0 aliphatic heterocycles. The van der Waals surface area contributed by atoms with Crippen molar-refractivity contribution >= 4 is 17.4 Å². The first-order valence-corrected chi connectivity index (χ1v) is 13.1. The van der Waals surface area contributed by atoms with E-state index in [0.29, 0.717) is 36.9 Å². The molecule has 39 heavy (non-hydrogen) atoms. The number of carboxylic acid groups (broad SMARTS) is 1. The Morgan fingerprint density at radius 1 is 0.923 bits per heavy atom. The predicted octanol–water partition coefficient (Wildman–Crippen LogP) is 6.75. The minimum Gasteiger partial charge on any atom is -0.481 e. The van der Waals surface area contributed by atoms with E-state index in [9.17, 15) is 18.4 Å². The standard InChI is InChI=1S/C32H32F2N2O3/c1-3-30-28(19-27(36(30)2)8-5-9-31(37)38)32(39)23-6-4-7-26(18-23)35-20-29(21-10-14-24(33)15-11-21)22-12-16-25(34)17-13-22/h4,6-7,10-19,29,35H,3,5,8-9,20H2,1-2H3,(H,37,38). The maximum atomic E-state index is 13.6. The molecule has 5 nitrogen and oxygen atoms in total. The maximum Gasteiger partial charge on any atom is 0.303 e. The van der Waals surface area contributed by atoms with E-state index < -0.39 is 5.97 Å². The van der Waals surface area contributed by atoms with Gasteiger partial charge in [0.15, 0.2) is 5.78 Å². The Morgan fingerprint density at radius 2 is 1.54 bits per heavy atom. The number of ketones is 1. The van der Waals surface area contributed by atoms with E-state index >= 15 is 0 Å². The van der Waals surface area contributed by atoms with Gasteiger partial charge in [-0.2, -0.15) is 0 Å². The Kier molecular flexibility index (Phi) is 8.92. The van der Waals surface area contributed by atoms with Crippen LogP contribution in [0.4, 0.5) is 14.5 Å². The van der Waals surface area contributed by atoms with Gasteiger partial charge in [0.25, 0.3) is 0 Å². The highest BCUT2D eigenvalue weighted by atomic mass is 19.1. The average Bonchev–Trinajstić information content (AvgIpc) is 3.25. The number of aryl methyl sites for hydroxylation is 1. The van der Waals surface area contributed by atoms with Crippen LogP contribution in [0.25, 0.3) is 0 Å². The quantitative estimate of drug-likeness (QED) is 0.199. The zero-order valence-electron chi connectivity index (χ0n) is 22.1. The number of benzene rings is 3. The van der Waals surface area contributed by atoms with Crippen molar-refractivity contribution in [3.8, 4) is 0 Å². The van der Waals surface area contributed by atoms with Gasteiger partial charge in [-0.05, 0) is 72.9 Å². The number of carbonyl (C=O) groups is 2. The van der Waals surface area contributed by atoms with E-state index in [4.69, 9.17) is 5.11 Å². The van der Waals surface area contributed by atoms with Crippen molar-refractivity contribution in [1.82, 2.24) is 4.57 Å². The van der Waals surface area contributed by atoms with E-state index in [-0.39, 0.29) is 29.8 Å². The largest absolute Gasteiger partial charge is 0.481 e. The molecule has 0 radical (unpaired) electrons. The number of nitrogens with zero attached hydrogens (tertiary/aromatic N) is 1. The number of carbonyl (C=O) groups excluding carboxylic acids is 1. The van der Waals surface area contributed by atoms with Crippen LogP contribution in [-0.4, -0.2) is 28.0 Å². The molecule has 0 atom stereocenters. The van der Waals surface area contributed by atoms with Crippen LogP contribution in [0.5, 0.6) is 0 Å². The summed E-state index contributed by atoms with van der Waals surface area (Å²) in [6.45, 7) is 2.45. The third-order valence-electron chi connectivity index (χ3n) is 7.04. The molecule has 202 valence electrons. The van der Waals surface area contributed by atoms with Crippen LogP contribution >= 0.6 is 0 Å². The molecule has 0 fully saturated rings. The third kappa shape index (κ3) is 6.79. The van der Waals surface area contributed by atoms with Crippen LogP contribution in [0.15, 0.2) is 78.9 Å². The molecule has 1 aromatic heterocycles. The molecule has 4 aromatic rings. The summed E-state index contributed by atoms with van der Waals surface area (Å²) in [4.78, 5) is 24.5. The number of halogens is 2. The van der Waals surface area contributed by atoms with Crippen molar-refractivity contribution in [3.63, 3.8) is 0 Å². The molecule has 0 aliphatic rings. The van der Waals surface area contributed by atoms with Gasteiger partial charge >= 0.3 is 5.97 Å². The summed E-state index contributed by atoms with van der Waals surface area (Å²) in [5.74, 6) is -1.74.